The smallest absolute Gasteiger partial charge is 0.0562 e. The number of nitrogens with one attached hydrogen (secondary N) is 1. The van der Waals surface area contributed by atoms with Crippen LogP contribution in [0.1, 0.15) is 24.4 Å². The molecule has 0 aromatic carbocycles. The number of nitrogens with zero attached hydrogens (tertiary/aromatic N) is 2. The molecule has 0 fully saturated rings. The summed E-state index contributed by atoms with van der Waals surface area (Å²) in [5, 5.41) is 5.58. The van der Waals surface area contributed by atoms with Crippen LogP contribution >= 0.6 is 11.3 Å². The van der Waals surface area contributed by atoms with Crippen molar-refractivity contribution in [2.45, 2.75) is 26.8 Å². The summed E-state index contributed by atoms with van der Waals surface area (Å²) in [6.07, 6.45) is 3.00. The fraction of sp³-hybridized carbons (Fsp3) is 0.471. The largest absolute Gasteiger partial charge is 0.374 e. The Hall–Kier alpha value is -1.39. The summed E-state index contributed by atoms with van der Waals surface area (Å²) in [6.45, 7) is 7.33. The summed E-state index contributed by atoms with van der Waals surface area (Å²) < 4.78 is 0. The van der Waals surface area contributed by atoms with E-state index in [1.807, 2.05) is 17.5 Å². The van der Waals surface area contributed by atoms with Crippen LogP contribution in [-0.2, 0) is 13.0 Å². The Morgan fingerprint density at radius 2 is 2.19 bits per heavy atom. The number of rotatable bonds is 8. The molecule has 114 valence electrons. The van der Waals surface area contributed by atoms with Gasteiger partial charge in [-0.15, -0.1) is 11.3 Å². The minimum Gasteiger partial charge on any atom is -0.374 e. The van der Waals surface area contributed by atoms with Crippen molar-refractivity contribution in [3.05, 3.63) is 46.4 Å². The highest BCUT2D eigenvalue weighted by Crippen LogP contribution is 2.15. The lowest BCUT2D eigenvalue weighted by Gasteiger charge is -2.19. The van der Waals surface area contributed by atoms with Crippen molar-refractivity contribution in [1.82, 2.24) is 10.3 Å². The Bertz CT molecular complexity index is 523. The number of pyridine rings is 1. The molecule has 0 radical (unpaired) electrons. The summed E-state index contributed by atoms with van der Waals surface area (Å²) in [7, 11) is 2.15. The number of hydrogen-bond acceptors (Lipinski definition) is 4. The van der Waals surface area contributed by atoms with Crippen molar-refractivity contribution in [3.63, 3.8) is 0 Å². The van der Waals surface area contributed by atoms with Gasteiger partial charge in [0.05, 0.1) is 5.69 Å². The molecule has 0 atom stereocenters. The summed E-state index contributed by atoms with van der Waals surface area (Å²) in [5.41, 5.74) is 2.35. The predicted octanol–water partition coefficient (Wildman–Crippen LogP) is 3.57. The summed E-state index contributed by atoms with van der Waals surface area (Å²) in [5.74, 6) is 0.668. The lowest BCUT2D eigenvalue weighted by molar-refractivity contribution is 0.548. The highest BCUT2D eigenvalue weighted by Gasteiger charge is 2.04. The van der Waals surface area contributed by atoms with Gasteiger partial charge in [0.25, 0.3) is 0 Å². The lowest BCUT2D eigenvalue weighted by Crippen LogP contribution is -2.22. The highest BCUT2D eigenvalue weighted by atomic mass is 32.1. The van der Waals surface area contributed by atoms with Gasteiger partial charge in [0, 0.05) is 36.9 Å². The molecule has 2 rings (SSSR count). The van der Waals surface area contributed by atoms with Crippen molar-refractivity contribution in [1.29, 1.82) is 0 Å². The Kier molecular flexibility index (Phi) is 6.21. The van der Waals surface area contributed by atoms with E-state index in [0.29, 0.717) is 5.92 Å². The second-order valence-corrected chi connectivity index (χ2v) is 6.81. The Morgan fingerprint density at radius 1 is 1.33 bits per heavy atom. The molecule has 0 saturated carbocycles. The number of hydrogen-bond donors (Lipinski definition) is 1. The molecule has 2 heterocycles. The topological polar surface area (TPSA) is 28.2 Å². The van der Waals surface area contributed by atoms with Crippen molar-refractivity contribution in [2.75, 3.05) is 25.0 Å². The third-order valence-corrected chi connectivity index (χ3v) is 4.31. The van der Waals surface area contributed by atoms with Gasteiger partial charge in [-0.2, -0.15) is 0 Å². The third-order valence-electron chi connectivity index (χ3n) is 3.37. The van der Waals surface area contributed by atoms with Gasteiger partial charge in [0.15, 0.2) is 0 Å². The molecule has 0 saturated heterocycles. The van der Waals surface area contributed by atoms with Gasteiger partial charge in [-0.1, -0.05) is 19.9 Å². The van der Waals surface area contributed by atoms with Crippen LogP contribution in [0.3, 0.4) is 0 Å². The van der Waals surface area contributed by atoms with E-state index in [2.05, 4.69) is 65.7 Å². The van der Waals surface area contributed by atoms with E-state index in [0.717, 1.165) is 31.7 Å². The van der Waals surface area contributed by atoms with Gasteiger partial charge in [-0.25, -0.2) is 0 Å². The lowest BCUT2D eigenvalue weighted by atomic mass is 10.2. The second kappa shape index (κ2) is 8.15. The van der Waals surface area contributed by atoms with Crippen molar-refractivity contribution < 1.29 is 0 Å². The van der Waals surface area contributed by atoms with Crippen LogP contribution in [0, 0.1) is 5.92 Å². The maximum absolute atomic E-state index is 4.44. The van der Waals surface area contributed by atoms with Crippen LogP contribution < -0.4 is 10.2 Å². The molecule has 1 N–H and O–H groups in total. The zero-order chi connectivity index (χ0) is 15.1. The van der Waals surface area contributed by atoms with E-state index in [-0.39, 0.29) is 0 Å². The number of thiophene rings is 1. The Labute approximate surface area is 132 Å². The monoisotopic (exact) mass is 303 g/mol. The summed E-state index contributed by atoms with van der Waals surface area (Å²) in [4.78, 5) is 8.18. The number of likely N-dealkylation sites (N-methyl/N-ethyl adjacent to an activating group) is 1. The molecule has 21 heavy (non-hydrogen) atoms. The first-order valence-corrected chi connectivity index (χ1v) is 8.42. The molecule has 0 amide bonds. The quantitative estimate of drug-likeness (QED) is 0.808. The van der Waals surface area contributed by atoms with E-state index in [1.165, 1.54) is 10.6 Å². The molecule has 4 heteroatoms. The van der Waals surface area contributed by atoms with Crippen LogP contribution in [-0.4, -0.2) is 25.1 Å². The Morgan fingerprint density at radius 3 is 2.90 bits per heavy atom. The minimum atomic E-state index is 0.668. The van der Waals surface area contributed by atoms with Gasteiger partial charge >= 0.3 is 0 Å². The molecule has 2 aromatic heterocycles. The molecule has 2 aromatic rings. The second-order valence-electron chi connectivity index (χ2n) is 5.78. The first kappa shape index (κ1) is 16.0. The maximum atomic E-state index is 4.44. The summed E-state index contributed by atoms with van der Waals surface area (Å²) >= 11 is 1.83. The minimum absolute atomic E-state index is 0.668. The molecule has 0 aliphatic carbocycles. The SMILES string of the molecule is CC(C)CNCc1cc(N(C)CCc2cccs2)ccn1. The van der Waals surface area contributed by atoms with Crippen LogP contribution in [0.5, 0.6) is 0 Å². The van der Waals surface area contributed by atoms with Gasteiger partial charge in [0.2, 0.25) is 0 Å². The average Bonchev–Trinajstić information content (AvgIpc) is 2.98. The fourth-order valence-corrected chi connectivity index (χ4v) is 2.85. The molecule has 3 nitrogen and oxygen atoms in total. The van der Waals surface area contributed by atoms with E-state index < -0.39 is 0 Å². The molecule has 0 aliphatic rings. The van der Waals surface area contributed by atoms with Crippen LogP contribution in [0.2, 0.25) is 0 Å². The highest BCUT2D eigenvalue weighted by molar-refractivity contribution is 7.09. The van der Waals surface area contributed by atoms with Gasteiger partial charge in [0.1, 0.15) is 0 Å². The van der Waals surface area contributed by atoms with Crippen LogP contribution in [0.15, 0.2) is 35.8 Å². The van der Waals surface area contributed by atoms with Crippen molar-refractivity contribution in [3.8, 4) is 0 Å². The number of aromatic nitrogens is 1. The Balaban J connectivity index is 1.86. The zero-order valence-electron chi connectivity index (χ0n) is 13.2. The van der Waals surface area contributed by atoms with Gasteiger partial charge < -0.3 is 10.2 Å². The predicted molar refractivity (Wildman–Crippen MR) is 92.1 cm³/mol. The van der Waals surface area contributed by atoms with Crippen molar-refractivity contribution >= 4 is 17.0 Å². The van der Waals surface area contributed by atoms with E-state index in [4.69, 9.17) is 0 Å². The molecular weight excluding hydrogens is 278 g/mol. The molecule has 0 spiro atoms. The molecule has 0 aliphatic heterocycles. The van der Waals surface area contributed by atoms with E-state index in [1.54, 1.807) is 0 Å². The zero-order valence-corrected chi connectivity index (χ0v) is 14.0. The van der Waals surface area contributed by atoms with Crippen LogP contribution in [0.4, 0.5) is 5.69 Å². The van der Waals surface area contributed by atoms with Crippen LogP contribution in [0.25, 0.3) is 0 Å². The molecule has 0 bridgehead atoms. The molecular formula is C17H25N3S. The first-order chi connectivity index (χ1) is 10.1. The average molecular weight is 303 g/mol. The van der Waals surface area contributed by atoms with Gasteiger partial charge in [-0.3, -0.25) is 4.98 Å². The van der Waals surface area contributed by atoms with E-state index in [9.17, 15) is 0 Å². The van der Waals surface area contributed by atoms with Crippen molar-refractivity contribution in [2.24, 2.45) is 5.92 Å². The van der Waals surface area contributed by atoms with E-state index >= 15 is 0 Å². The normalized spacial score (nSPS) is 11.0. The summed E-state index contributed by atoms with van der Waals surface area (Å²) in [6, 6.07) is 8.58. The number of anilines is 1. The maximum Gasteiger partial charge on any atom is 0.0562 e. The standard InChI is InChI=1S/C17H25N3S/c1-14(2)12-18-13-15-11-16(6-8-19-15)20(3)9-7-17-5-4-10-21-17/h4-6,8,10-11,14,18H,7,9,12-13H2,1-3H3. The third kappa shape index (κ3) is 5.48. The van der Waals surface area contributed by atoms with Gasteiger partial charge in [-0.05, 0) is 42.5 Å². The molecule has 0 unspecified atom stereocenters. The fourth-order valence-electron chi connectivity index (χ4n) is 2.15. The first-order valence-electron chi connectivity index (χ1n) is 7.54.